The van der Waals surface area contributed by atoms with Crippen LogP contribution in [0.4, 0.5) is 0 Å². The van der Waals surface area contributed by atoms with Crippen molar-refractivity contribution in [3.63, 3.8) is 0 Å². The lowest BCUT2D eigenvalue weighted by Crippen LogP contribution is -2.35. The molecule has 0 aromatic rings. The molecule has 0 saturated heterocycles. The highest BCUT2D eigenvalue weighted by atomic mass is 28.3. The average molecular weight is 276 g/mol. The molecular weight excluding hydrogens is 248 g/mol. The van der Waals surface area contributed by atoms with Gasteiger partial charge in [0.05, 0.1) is 5.60 Å². The Morgan fingerprint density at radius 1 is 1.42 bits per heavy atom. The first-order valence-corrected chi connectivity index (χ1v) is 10.2. The van der Waals surface area contributed by atoms with Crippen molar-refractivity contribution in [3.05, 3.63) is 18.4 Å². The molecule has 0 heterocycles. The molecule has 1 nitrogen and oxygen atoms in total. The molecule has 0 spiro atoms. The third kappa shape index (κ3) is 3.86. The van der Waals surface area contributed by atoms with E-state index < -0.39 is 13.7 Å². The van der Waals surface area contributed by atoms with Gasteiger partial charge in [-0.05, 0) is 30.4 Å². The van der Waals surface area contributed by atoms with Gasteiger partial charge < -0.3 is 5.11 Å². The fourth-order valence-electron chi connectivity index (χ4n) is 2.31. The molecule has 1 saturated carbocycles. The predicted octanol–water partition coefficient (Wildman–Crippen LogP) is 4.30. The Hall–Kier alpha value is -0.743. The Bertz CT molecular complexity index is 426. The zero-order chi connectivity index (χ0) is 14.7. The van der Waals surface area contributed by atoms with Gasteiger partial charge in [0, 0.05) is 12.3 Å². The fourth-order valence-corrected chi connectivity index (χ4v) is 3.23. The molecule has 1 aliphatic carbocycles. The van der Waals surface area contributed by atoms with Crippen LogP contribution >= 0.6 is 0 Å². The molecule has 2 heteroatoms. The van der Waals surface area contributed by atoms with Crippen LogP contribution in [0.5, 0.6) is 0 Å². The Balaban J connectivity index is 2.76. The fraction of sp³-hybridized carbons (Fsp3) is 0.706. The van der Waals surface area contributed by atoms with Gasteiger partial charge in [-0.1, -0.05) is 40.4 Å². The second-order valence-electron chi connectivity index (χ2n) is 7.31. The normalized spacial score (nSPS) is 27.4. The maximum absolute atomic E-state index is 10.5. The van der Waals surface area contributed by atoms with Gasteiger partial charge in [-0.2, -0.15) is 0 Å². The molecule has 0 aromatic carbocycles. The van der Waals surface area contributed by atoms with Gasteiger partial charge in [-0.15, -0.1) is 17.2 Å². The van der Waals surface area contributed by atoms with Crippen molar-refractivity contribution in [1.82, 2.24) is 0 Å². The van der Waals surface area contributed by atoms with Gasteiger partial charge in [-0.3, -0.25) is 0 Å². The van der Waals surface area contributed by atoms with Crippen LogP contribution in [0.2, 0.25) is 18.1 Å². The average Bonchev–Trinajstić information content (AvgIpc) is 2.59. The summed E-state index contributed by atoms with van der Waals surface area (Å²) >= 11 is 0. The van der Waals surface area contributed by atoms with Crippen LogP contribution in [0.3, 0.4) is 0 Å². The highest BCUT2D eigenvalue weighted by Gasteiger charge is 2.38. The zero-order valence-electron chi connectivity index (χ0n) is 13.1. The summed E-state index contributed by atoms with van der Waals surface area (Å²) in [6, 6.07) is 0. The summed E-state index contributed by atoms with van der Waals surface area (Å²) in [5.41, 5.74) is 5.56. The smallest absolute Gasteiger partial charge is 0.137 e. The first kappa shape index (κ1) is 16.3. The number of aliphatic hydroxyl groups is 1. The van der Waals surface area contributed by atoms with Gasteiger partial charge >= 0.3 is 0 Å². The molecule has 2 atom stereocenters. The van der Waals surface area contributed by atoms with Crippen LogP contribution in [-0.4, -0.2) is 18.8 Å². The van der Waals surface area contributed by atoms with Gasteiger partial charge in [0.25, 0.3) is 0 Å². The van der Waals surface area contributed by atoms with E-state index in [-0.39, 0.29) is 5.92 Å². The SMILES string of the molecule is C=C=C[C@@]1(O)CCC[C@@H]1CC#C[Si](C)(C)C(C)(C)C. The Kier molecular flexibility index (Phi) is 4.90. The van der Waals surface area contributed by atoms with E-state index in [0.29, 0.717) is 5.04 Å². The number of hydrogen-bond acceptors (Lipinski definition) is 1. The maximum Gasteiger partial charge on any atom is 0.137 e. The zero-order valence-corrected chi connectivity index (χ0v) is 14.1. The van der Waals surface area contributed by atoms with Gasteiger partial charge in [0.2, 0.25) is 0 Å². The van der Waals surface area contributed by atoms with Crippen LogP contribution in [0.25, 0.3) is 0 Å². The van der Waals surface area contributed by atoms with Gasteiger partial charge in [-0.25, -0.2) is 0 Å². The van der Waals surface area contributed by atoms with Crippen molar-refractivity contribution in [2.45, 2.75) is 70.2 Å². The first-order chi connectivity index (χ1) is 8.62. The molecule has 0 unspecified atom stereocenters. The predicted molar refractivity (Wildman–Crippen MR) is 85.6 cm³/mol. The quantitative estimate of drug-likeness (QED) is 0.453. The Morgan fingerprint density at radius 2 is 2.05 bits per heavy atom. The van der Waals surface area contributed by atoms with E-state index in [0.717, 1.165) is 25.7 Å². The molecule has 106 valence electrons. The molecular formula is C17H28OSi. The largest absolute Gasteiger partial charge is 0.385 e. The Labute approximate surface area is 119 Å². The van der Waals surface area contributed by atoms with Crippen molar-refractivity contribution in [2.75, 3.05) is 0 Å². The summed E-state index contributed by atoms with van der Waals surface area (Å²) in [6.45, 7) is 15.1. The molecule has 1 N–H and O–H groups in total. The Morgan fingerprint density at radius 3 is 2.58 bits per heavy atom. The third-order valence-electron chi connectivity index (χ3n) is 4.81. The lowest BCUT2D eigenvalue weighted by atomic mass is 9.88. The molecule has 1 fully saturated rings. The molecule has 0 amide bonds. The minimum absolute atomic E-state index is 0.249. The molecule has 19 heavy (non-hydrogen) atoms. The number of hydrogen-bond donors (Lipinski definition) is 1. The van der Waals surface area contributed by atoms with Crippen molar-refractivity contribution >= 4 is 8.07 Å². The van der Waals surface area contributed by atoms with E-state index in [1.165, 1.54) is 0 Å². The van der Waals surface area contributed by atoms with Crippen molar-refractivity contribution in [3.8, 4) is 11.5 Å². The molecule has 0 bridgehead atoms. The highest BCUT2D eigenvalue weighted by Crippen LogP contribution is 2.39. The summed E-state index contributed by atoms with van der Waals surface area (Å²) < 4.78 is 0. The standard InChI is InChI=1S/C17H28OSi/c1-7-12-17(18)13-8-10-15(17)11-9-14-19(5,6)16(2,3)4/h12,15,18H,1,8,10-11,13H2,2-6H3/t15-,17-/m1/s1. The summed E-state index contributed by atoms with van der Waals surface area (Å²) in [6.07, 6.45) is 5.48. The van der Waals surface area contributed by atoms with Crippen LogP contribution < -0.4 is 0 Å². The summed E-state index contributed by atoms with van der Waals surface area (Å²) in [5.74, 6) is 3.62. The summed E-state index contributed by atoms with van der Waals surface area (Å²) in [7, 11) is -1.52. The van der Waals surface area contributed by atoms with Crippen molar-refractivity contribution < 1.29 is 5.11 Å². The monoisotopic (exact) mass is 276 g/mol. The van der Waals surface area contributed by atoms with Crippen LogP contribution in [-0.2, 0) is 0 Å². The molecule has 1 aliphatic rings. The maximum atomic E-state index is 10.5. The molecule has 1 rings (SSSR count). The summed E-state index contributed by atoms with van der Waals surface area (Å²) in [5, 5.41) is 10.8. The highest BCUT2D eigenvalue weighted by molar-refractivity contribution is 6.87. The van der Waals surface area contributed by atoms with E-state index in [1.54, 1.807) is 6.08 Å². The second-order valence-corrected chi connectivity index (χ2v) is 12.3. The summed E-state index contributed by atoms with van der Waals surface area (Å²) in [4.78, 5) is 0. The molecule has 0 aromatic heterocycles. The first-order valence-electron chi connectivity index (χ1n) is 7.22. The van der Waals surface area contributed by atoms with E-state index in [9.17, 15) is 5.11 Å². The lowest BCUT2D eigenvalue weighted by molar-refractivity contribution is 0.0532. The minimum atomic E-state index is -1.52. The van der Waals surface area contributed by atoms with Crippen molar-refractivity contribution in [2.24, 2.45) is 5.92 Å². The van der Waals surface area contributed by atoms with Crippen molar-refractivity contribution in [1.29, 1.82) is 0 Å². The van der Waals surface area contributed by atoms with E-state index in [2.05, 4.69) is 57.6 Å². The number of rotatable bonds is 2. The van der Waals surface area contributed by atoms with E-state index >= 15 is 0 Å². The van der Waals surface area contributed by atoms with Gasteiger partial charge in [0.1, 0.15) is 8.07 Å². The lowest BCUT2D eigenvalue weighted by Gasteiger charge is -2.31. The van der Waals surface area contributed by atoms with Crippen LogP contribution in [0.1, 0.15) is 46.5 Å². The van der Waals surface area contributed by atoms with E-state index in [4.69, 9.17) is 0 Å². The minimum Gasteiger partial charge on any atom is -0.385 e. The second kappa shape index (κ2) is 5.71. The van der Waals surface area contributed by atoms with E-state index in [1.807, 2.05) is 0 Å². The molecule has 0 aliphatic heterocycles. The topological polar surface area (TPSA) is 20.2 Å². The van der Waals surface area contributed by atoms with Crippen LogP contribution in [0.15, 0.2) is 18.4 Å². The molecule has 0 radical (unpaired) electrons. The van der Waals surface area contributed by atoms with Crippen LogP contribution in [0, 0.1) is 17.4 Å². The third-order valence-corrected chi connectivity index (χ3v) is 9.36. The van der Waals surface area contributed by atoms with Gasteiger partial charge in [0.15, 0.2) is 0 Å².